The highest BCUT2D eigenvalue weighted by molar-refractivity contribution is 7.98. The number of nitriles is 1. The van der Waals surface area contributed by atoms with Gasteiger partial charge in [0, 0.05) is 6.54 Å². The predicted octanol–water partition coefficient (Wildman–Crippen LogP) is 2.93. The first-order chi connectivity index (χ1) is 8.27. The molecule has 1 rings (SSSR count). The molecule has 1 N–H and O–H groups in total. The van der Waals surface area contributed by atoms with Gasteiger partial charge < -0.3 is 5.32 Å². The Labute approximate surface area is 106 Å². The smallest absolute Gasteiger partial charge is 0.123 e. The van der Waals surface area contributed by atoms with Crippen LogP contribution in [0, 0.1) is 17.1 Å². The summed E-state index contributed by atoms with van der Waals surface area (Å²) in [7, 11) is 0. The molecule has 0 aliphatic carbocycles. The van der Waals surface area contributed by atoms with E-state index in [1.165, 1.54) is 30.4 Å². The van der Waals surface area contributed by atoms with Crippen LogP contribution >= 0.6 is 11.8 Å². The molecule has 0 amide bonds. The monoisotopic (exact) mass is 252 g/mol. The molecule has 0 saturated carbocycles. The van der Waals surface area contributed by atoms with Crippen LogP contribution in [0.25, 0.3) is 0 Å². The highest BCUT2D eigenvalue weighted by Gasteiger charge is 2.02. The second-order valence-corrected chi connectivity index (χ2v) is 4.78. The largest absolute Gasteiger partial charge is 0.313 e. The summed E-state index contributed by atoms with van der Waals surface area (Å²) in [5.41, 5.74) is 1.28. The maximum Gasteiger partial charge on any atom is 0.123 e. The Morgan fingerprint density at radius 2 is 2.24 bits per heavy atom. The average molecular weight is 252 g/mol. The Bertz CT molecular complexity index is 387. The zero-order chi connectivity index (χ0) is 12.5. The summed E-state index contributed by atoms with van der Waals surface area (Å²) in [5, 5.41) is 12.1. The number of benzene rings is 1. The molecule has 4 heteroatoms. The molecule has 0 atom stereocenters. The minimum absolute atomic E-state index is 0.289. The van der Waals surface area contributed by atoms with E-state index in [-0.39, 0.29) is 5.82 Å². The molecule has 0 fully saturated rings. The highest BCUT2D eigenvalue weighted by Crippen LogP contribution is 2.10. The fraction of sp³-hybridized carbons (Fsp3) is 0.462. The normalized spacial score (nSPS) is 10.2. The Morgan fingerprint density at radius 3 is 2.94 bits per heavy atom. The summed E-state index contributed by atoms with van der Waals surface area (Å²) in [5.74, 6) is 0.883. The van der Waals surface area contributed by atoms with Crippen LogP contribution in [0.3, 0.4) is 0 Å². The van der Waals surface area contributed by atoms with Gasteiger partial charge in [0.15, 0.2) is 0 Å². The lowest BCUT2D eigenvalue weighted by Crippen LogP contribution is -2.15. The van der Waals surface area contributed by atoms with Crippen molar-refractivity contribution in [1.82, 2.24) is 5.32 Å². The number of hydrogen-bond acceptors (Lipinski definition) is 3. The summed E-state index contributed by atoms with van der Waals surface area (Å²) >= 11 is 1.84. The lowest BCUT2D eigenvalue weighted by Gasteiger charge is -2.06. The number of nitrogens with zero attached hydrogens (tertiary/aromatic N) is 1. The second kappa shape index (κ2) is 8.10. The highest BCUT2D eigenvalue weighted by atomic mass is 32.2. The summed E-state index contributed by atoms with van der Waals surface area (Å²) in [4.78, 5) is 0. The van der Waals surface area contributed by atoms with Crippen LogP contribution in [-0.2, 0) is 6.54 Å². The number of halogens is 1. The van der Waals surface area contributed by atoms with Gasteiger partial charge >= 0.3 is 0 Å². The van der Waals surface area contributed by atoms with Crippen molar-refractivity contribution in [2.75, 3.05) is 18.6 Å². The standard InChI is InChI=1S/C13H17FN2S/c1-17-7-3-2-6-16-10-12-8-13(14)5-4-11(12)9-15/h4-5,8,16H,2-3,6-7,10H2,1H3. The first-order valence-electron chi connectivity index (χ1n) is 5.66. The van der Waals surface area contributed by atoms with Crippen LogP contribution in [0.15, 0.2) is 18.2 Å². The van der Waals surface area contributed by atoms with Crippen molar-refractivity contribution in [3.05, 3.63) is 35.1 Å². The molecule has 0 saturated heterocycles. The van der Waals surface area contributed by atoms with E-state index in [0.29, 0.717) is 12.1 Å². The zero-order valence-electron chi connectivity index (χ0n) is 10.0. The van der Waals surface area contributed by atoms with Gasteiger partial charge in [-0.15, -0.1) is 0 Å². The number of thioether (sulfide) groups is 1. The number of hydrogen-bond donors (Lipinski definition) is 1. The topological polar surface area (TPSA) is 35.8 Å². The Kier molecular flexibility index (Phi) is 6.68. The molecule has 0 radical (unpaired) electrons. The number of rotatable bonds is 7. The molecular weight excluding hydrogens is 235 g/mol. The second-order valence-electron chi connectivity index (χ2n) is 3.79. The van der Waals surface area contributed by atoms with Gasteiger partial charge in [-0.05, 0) is 55.2 Å². The first-order valence-corrected chi connectivity index (χ1v) is 7.05. The quantitative estimate of drug-likeness (QED) is 0.758. The molecular formula is C13H17FN2S. The van der Waals surface area contributed by atoms with Crippen molar-refractivity contribution in [1.29, 1.82) is 5.26 Å². The van der Waals surface area contributed by atoms with Crippen molar-refractivity contribution < 1.29 is 4.39 Å². The summed E-state index contributed by atoms with van der Waals surface area (Å²) in [6.07, 6.45) is 4.39. The molecule has 0 bridgehead atoms. The zero-order valence-corrected chi connectivity index (χ0v) is 10.8. The van der Waals surface area contributed by atoms with Gasteiger partial charge in [0.05, 0.1) is 11.6 Å². The van der Waals surface area contributed by atoms with Crippen molar-refractivity contribution in [2.45, 2.75) is 19.4 Å². The maximum absolute atomic E-state index is 13.0. The Hall–Kier alpha value is -1.05. The lowest BCUT2D eigenvalue weighted by atomic mass is 10.1. The minimum atomic E-state index is -0.289. The van der Waals surface area contributed by atoms with Crippen LogP contribution in [0.1, 0.15) is 24.0 Å². The van der Waals surface area contributed by atoms with E-state index in [1.54, 1.807) is 0 Å². The first kappa shape index (κ1) is 14.0. The van der Waals surface area contributed by atoms with Crippen molar-refractivity contribution in [3.63, 3.8) is 0 Å². The van der Waals surface area contributed by atoms with Crippen LogP contribution in [0.4, 0.5) is 4.39 Å². The number of nitrogens with one attached hydrogen (secondary N) is 1. The van der Waals surface area contributed by atoms with E-state index in [1.807, 2.05) is 11.8 Å². The fourth-order valence-electron chi connectivity index (χ4n) is 1.54. The van der Waals surface area contributed by atoms with Crippen molar-refractivity contribution in [2.24, 2.45) is 0 Å². The Balaban J connectivity index is 2.36. The minimum Gasteiger partial charge on any atom is -0.313 e. The van der Waals surface area contributed by atoms with Gasteiger partial charge in [-0.3, -0.25) is 0 Å². The summed E-state index contributed by atoms with van der Waals surface area (Å²) in [6, 6.07) is 6.35. The summed E-state index contributed by atoms with van der Waals surface area (Å²) in [6.45, 7) is 1.46. The third-order valence-electron chi connectivity index (χ3n) is 2.46. The lowest BCUT2D eigenvalue weighted by molar-refractivity contribution is 0.614. The molecule has 0 aliphatic rings. The molecule has 0 spiro atoms. The number of unbranched alkanes of at least 4 members (excludes halogenated alkanes) is 1. The van der Waals surface area contributed by atoms with E-state index >= 15 is 0 Å². The van der Waals surface area contributed by atoms with Gasteiger partial charge in [0.2, 0.25) is 0 Å². The van der Waals surface area contributed by atoms with Crippen LogP contribution in [-0.4, -0.2) is 18.6 Å². The fourth-order valence-corrected chi connectivity index (χ4v) is 2.03. The molecule has 1 aromatic rings. The predicted molar refractivity (Wildman–Crippen MR) is 70.4 cm³/mol. The molecule has 17 heavy (non-hydrogen) atoms. The van der Waals surface area contributed by atoms with Crippen molar-refractivity contribution in [3.8, 4) is 6.07 Å². The molecule has 0 unspecified atom stereocenters. The van der Waals surface area contributed by atoms with E-state index in [4.69, 9.17) is 5.26 Å². The maximum atomic E-state index is 13.0. The van der Waals surface area contributed by atoms with Gasteiger partial charge in [-0.1, -0.05) is 0 Å². The van der Waals surface area contributed by atoms with Gasteiger partial charge in [-0.2, -0.15) is 17.0 Å². The molecule has 1 aromatic carbocycles. The molecule has 0 aromatic heterocycles. The molecule has 0 heterocycles. The third kappa shape index (κ3) is 5.20. The van der Waals surface area contributed by atoms with E-state index in [9.17, 15) is 4.39 Å². The Morgan fingerprint density at radius 1 is 1.41 bits per heavy atom. The van der Waals surface area contributed by atoms with Gasteiger partial charge in [0.25, 0.3) is 0 Å². The third-order valence-corrected chi connectivity index (χ3v) is 3.15. The van der Waals surface area contributed by atoms with Gasteiger partial charge in [-0.25, -0.2) is 4.39 Å². The van der Waals surface area contributed by atoms with Crippen LogP contribution in [0.5, 0.6) is 0 Å². The molecule has 92 valence electrons. The van der Waals surface area contributed by atoms with E-state index < -0.39 is 0 Å². The SMILES string of the molecule is CSCCCCNCc1cc(F)ccc1C#N. The average Bonchev–Trinajstić information content (AvgIpc) is 2.34. The molecule has 0 aliphatic heterocycles. The van der Waals surface area contributed by atoms with Gasteiger partial charge in [0.1, 0.15) is 5.82 Å². The van der Waals surface area contributed by atoms with Crippen LogP contribution in [0.2, 0.25) is 0 Å². The molecule has 2 nitrogen and oxygen atoms in total. The van der Waals surface area contributed by atoms with E-state index in [2.05, 4.69) is 17.6 Å². The van der Waals surface area contributed by atoms with Crippen LogP contribution < -0.4 is 5.32 Å². The summed E-state index contributed by atoms with van der Waals surface area (Å²) < 4.78 is 13.0. The van der Waals surface area contributed by atoms with E-state index in [0.717, 1.165) is 18.5 Å². The van der Waals surface area contributed by atoms with Crippen molar-refractivity contribution >= 4 is 11.8 Å².